The molecule has 0 fully saturated rings. The van der Waals surface area contributed by atoms with Crippen LogP contribution in [0.15, 0.2) is 23.0 Å². The predicted molar refractivity (Wildman–Crippen MR) is 77.8 cm³/mol. The van der Waals surface area contributed by atoms with Gasteiger partial charge in [-0.25, -0.2) is 14.0 Å². The van der Waals surface area contributed by atoms with E-state index in [4.69, 9.17) is 4.74 Å². The summed E-state index contributed by atoms with van der Waals surface area (Å²) in [6.07, 6.45) is 0. The normalized spacial score (nSPS) is 10.7. The number of hydrogen-bond acceptors (Lipinski definition) is 3. The van der Waals surface area contributed by atoms with Gasteiger partial charge in [-0.1, -0.05) is 40.8 Å². The molecular formula is C12H14IN3O2. The molecule has 0 aliphatic carbocycles. The summed E-state index contributed by atoms with van der Waals surface area (Å²) in [4.78, 5) is 12.2. The van der Waals surface area contributed by atoms with Crippen LogP contribution in [-0.4, -0.2) is 21.5 Å². The minimum Gasteiger partial charge on any atom is -0.467 e. The quantitative estimate of drug-likeness (QED) is 0.621. The van der Waals surface area contributed by atoms with Crippen molar-refractivity contribution in [3.8, 4) is 11.7 Å². The molecule has 0 aliphatic heterocycles. The SMILES string of the molecule is COc1nn(C)c(=O)n1-c1c(C)cccc1CI. The molecule has 0 atom stereocenters. The number of aryl methyl sites for hydroxylation is 2. The van der Waals surface area contributed by atoms with E-state index in [1.165, 1.54) is 16.4 Å². The summed E-state index contributed by atoms with van der Waals surface area (Å²) in [6, 6.07) is 6.28. The van der Waals surface area contributed by atoms with Crippen molar-refractivity contribution < 1.29 is 4.74 Å². The van der Waals surface area contributed by atoms with E-state index in [1.54, 1.807) is 7.05 Å². The topological polar surface area (TPSA) is 49.1 Å². The highest BCUT2D eigenvalue weighted by Gasteiger charge is 2.17. The summed E-state index contributed by atoms with van der Waals surface area (Å²) >= 11 is 2.28. The van der Waals surface area contributed by atoms with Gasteiger partial charge in [0, 0.05) is 11.5 Å². The molecule has 0 bridgehead atoms. The summed E-state index contributed by atoms with van der Waals surface area (Å²) < 4.78 is 8.80. The molecule has 1 heterocycles. The molecule has 96 valence electrons. The predicted octanol–water partition coefficient (Wildman–Crippen LogP) is 1.82. The Morgan fingerprint density at radius 3 is 2.78 bits per heavy atom. The Morgan fingerprint density at radius 1 is 1.44 bits per heavy atom. The lowest BCUT2D eigenvalue weighted by Gasteiger charge is -2.11. The summed E-state index contributed by atoms with van der Waals surface area (Å²) in [5, 5.41) is 4.06. The molecule has 1 aromatic carbocycles. The Hall–Kier alpha value is -1.31. The third-order valence-corrected chi connectivity index (χ3v) is 3.59. The second kappa shape index (κ2) is 5.13. The van der Waals surface area contributed by atoms with E-state index in [9.17, 15) is 4.79 Å². The number of aromatic nitrogens is 3. The van der Waals surface area contributed by atoms with E-state index in [-0.39, 0.29) is 5.69 Å². The smallest absolute Gasteiger partial charge is 0.353 e. The number of rotatable bonds is 3. The van der Waals surface area contributed by atoms with Crippen molar-refractivity contribution in [2.24, 2.45) is 7.05 Å². The Balaban J connectivity index is 2.80. The second-order valence-electron chi connectivity index (χ2n) is 3.94. The third-order valence-electron chi connectivity index (χ3n) is 2.77. The van der Waals surface area contributed by atoms with Crippen LogP contribution in [0.25, 0.3) is 5.69 Å². The number of benzene rings is 1. The lowest BCUT2D eigenvalue weighted by atomic mass is 10.1. The van der Waals surface area contributed by atoms with Crippen molar-refractivity contribution in [2.75, 3.05) is 7.11 Å². The molecule has 0 radical (unpaired) electrons. The van der Waals surface area contributed by atoms with Gasteiger partial charge in [0.1, 0.15) is 0 Å². The number of ether oxygens (including phenoxy) is 1. The first-order chi connectivity index (χ1) is 8.60. The molecule has 0 unspecified atom stereocenters. The zero-order chi connectivity index (χ0) is 13.3. The van der Waals surface area contributed by atoms with Crippen LogP contribution in [0.1, 0.15) is 11.1 Å². The molecule has 0 N–H and O–H groups in total. The lowest BCUT2D eigenvalue weighted by Crippen LogP contribution is -2.23. The van der Waals surface area contributed by atoms with Gasteiger partial charge >= 0.3 is 11.7 Å². The zero-order valence-corrected chi connectivity index (χ0v) is 12.6. The monoisotopic (exact) mass is 359 g/mol. The van der Waals surface area contributed by atoms with Gasteiger partial charge in [-0.3, -0.25) is 0 Å². The molecule has 0 aliphatic rings. The maximum Gasteiger partial charge on any atom is 0.353 e. The molecule has 5 nitrogen and oxygen atoms in total. The van der Waals surface area contributed by atoms with E-state index in [0.717, 1.165) is 21.2 Å². The van der Waals surface area contributed by atoms with Crippen LogP contribution >= 0.6 is 22.6 Å². The van der Waals surface area contributed by atoms with Gasteiger partial charge in [-0.2, -0.15) is 0 Å². The first kappa shape index (κ1) is 13.1. The number of methoxy groups -OCH3 is 1. The minimum atomic E-state index is -0.202. The highest BCUT2D eigenvalue weighted by molar-refractivity contribution is 14.1. The van der Waals surface area contributed by atoms with Gasteiger partial charge in [-0.15, -0.1) is 5.10 Å². The highest BCUT2D eigenvalue weighted by atomic mass is 127. The van der Waals surface area contributed by atoms with Crippen molar-refractivity contribution >= 4 is 22.6 Å². The van der Waals surface area contributed by atoms with Crippen LogP contribution < -0.4 is 10.4 Å². The number of nitrogens with zero attached hydrogens (tertiary/aromatic N) is 3. The van der Waals surface area contributed by atoms with Gasteiger partial charge in [0.15, 0.2) is 0 Å². The van der Waals surface area contributed by atoms with Gasteiger partial charge in [-0.05, 0) is 18.1 Å². The number of alkyl halides is 1. The number of hydrogen-bond donors (Lipinski definition) is 0. The van der Waals surface area contributed by atoms with Crippen LogP contribution in [0.3, 0.4) is 0 Å². The molecule has 2 rings (SSSR count). The van der Waals surface area contributed by atoms with Crippen LogP contribution in [0, 0.1) is 6.92 Å². The van der Waals surface area contributed by atoms with Crippen LogP contribution in [0.5, 0.6) is 6.01 Å². The molecule has 2 aromatic rings. The van der Waals surface area contributed by atoms with Gasteiger partial charge in [0.2, 0.25) is 0 Å². The van der Waals surface area contributed by atoms with Crippen molar-refractivity contribution in [2.45, 2.75) is 11.4 Å². The minimum absolute atomic E-state index is 0.202. The van der Waals surface area contributed by atoms with Gasteiger partial charge in [0.25, 0.3) is 0 Å². The van der Waals surface area contributed by atoms with Crippen molar-refractivity contribution in [3.63, 3.8) is 0 Å². The van der Waals surface area contributed by atoms with Crippen LogP contribution in [0.2, 0.25) is 0 Å². The largest absolute Gasteiger partial charge is 0.467 e. The first-order valence-corrected chi connectivity index (χ1v) is 6.97. The summed E-state index contributed by atoms with van der Waals surface area (Å²) in [6.45, 7) is 1.98. The van der Waals surface area contributed by atoms with Crippen molar-refractivity contribution in [1.29, 1.82) is 0 Å². The fraction of sp³-hybridized carbons (Fsp3) is 0.333. The fourth-order valence-corrected chi connectivity index (χ4v) is 2.53. The Morgan fingerprint density at radius 2 is 2.17 bits per heavy atom. The van der Waals surface area contributed by atoms with Gasteiger partial charge < -0.3 is 4.74 Å². The average Bonchev–Trinajstić information content (AvgIpc) is 2.65. The summed E-state index contributed by atoms with van der Waals surface area (Å²) in [5.41, 5.74) is 2.77. The van der Waals surface area contributed by atoms with E-state index in [2.05, 4.69) is 27.7 Å². The molecule has 0 saturated heterocycles. The molecule has 18 heavy (non-hydrogen) atoms. The van der Waals surface area contributed by atoms with Gasteiger partial charge in [0.05, 0.1) is 12.8 Å². The molecule has 0 amide bonds. The third kappa shape index (κ3) is 2.05. The first-order valence-electron chi connectivity index (χ1n) is 5.45. The van der Waals surface area contributed by atoms with Crippen molar-refractivity contribution in [3.05, 3.63) is 39.8 Å². The Labute approximate surface area is 119 Å². The van der Waals surface area contributed by atoms with E-state index < -0.39 is 0 Å². The fourth-order valence-electron chi connectivity index (χ4n) is 1.91. The Bertz CT molecular complexity index is 631. The van der Waals surface area contributed by atoms with Crippen molar-refractivity contribution in [1.82, 2.24) is 14.3 Å². The highest BCUT2D eigenvalue weighted by Crippen LogP contribution is 2.23. The maximum absolute atomic E-state index is 12.2. The maximum atomic E-state index is 12.2. The molecule has 0 spiro atoms. The number of para-hydroxylation sites is 1. The molecule has 6 heteroatoms. The van der Waals surface area contributed by atoms with E-state index in [0.29, 0.717) is 6.01 Å². The number of halogens is 1. The summed E-state index contributed by atoms with van der Waals surface area (Å²) in [5.74, 6) is 0. The van der Waals surface area contributed by atoms with Crippen LogP contribution in [0.4, 0.5) is 0 Å². The molecule has 0 saturated carbocycles. The summed E-state index contributed by atoms with van der Waals surface area (Å²) in [7, 11) is 3.13. The Kier molecular flexibility index (Phi) is 3.74. The molecule has 1 aromatic heterocycles. The second-order valence-corrected chi connectivity index (χ2v) is 4.71. The van der Waals surface area contributed by atoms with E-state index in [1.807, 2.05) is 25.1 Å². The average molecular weight is 359 g/mol. The molecular weight excluding hydrogens is 345 g/mol. The standard InChI is InChI=1S/C12H14IN3O2/c1-8-5-4-6-9(7-13)10(8)16-11(18-3)14-15(2)12(16)17/h4-6H,7H2,1-3H3. The van der Waals surface area contributed by atoms with Crippen LogP contribution in [-0.2, 0) is 11.5 Å². The lowest BCUT2D eigenvalue weighted by molar-refractivity contribution is 0.368. The zero-order valence-electron chi connectivity index (χ0n) is 10.5. The van der Waals surface area contributed by atoms with E-state index >= 15 is 0 Å².